The van der Waals surface area contributed by atoms with Crippen molar-refractivity contribution in [2.24, 2.45) is 22.7 Å². The van der Waals surface area contributed by atoms with E-state index in [1.807, 2.05) is 32.0 Å². The molecule has 0 aromatic heterocycles. The third-order valence-electron chi connectivity index (χ3n) is 11.8. The minimum Gasteiger partial charge on any atom is -0.507 e. The molecule has 5 aliphatic rings. The summed E-state index contributed by atoms with van der Waals surface area (Å²) in [7, 11) is 0. The van der Waals surface area contributed by atoms with Crippen LogP contribution in [0.3, 0.4) is 0 Å². The first-order valence-electron chi connectivity index (χ1n) is 16.4. The molecule has 2 aromatic carbocycles. The van der Waals surface area contributed by atoms with Crippen LogP contribution < -0.4 is 5.32 Å². The standard InChI is InChI=1S/C24H32ClFO5.C13H11NO2/c1-20(2)30-19-10-16-15-6-5-13-9-14(27)7-8-21(13,3)23(15,26)17(28)11-22(16,4)24(19,31-20)18(29)12-25;15-12-9-5-4-8-11(12)13(16)14-10-6-2-1-3-7-10/h9,15-17,19,28H,5-8,10-12H2,1-4H3;1-9,15H,(H,14,16)/t15-,16-,17-,19+,21-,22-,23-,24+;/m0./s1. The molecule has 3 N–H and O–H groups in total. The number of ketones is 2. The van der Waals surface area contributed by atoms with Crippen molar-refractivity contribution in [3.05, 3.63) is 71.8 Å². The van der Waals surface area contributed by atoms with E-state index in [4.69, 9.17) is 21.1 Å². The van der Waals surface area contributed by atoms with E-state index in [0.717, 1.165) is 5.57 Å². The van der Waals surface area contributed by atoms with Crippen LogP contribution in [0.2, 0.25) is 0 Å². The molecule has 1 saturated heterocycles. The molecule has 1 amide bonds. The second-order valence-electron chi connectivity index (χ2n) is 14.6. The number of anilines is 1. The van der Waals surface area contributed by atoms with Gasteiger partial charge in [-0.1, -0.05) is 49.8 Å². The van der Waals surface area contributed by atoms with Crippen LogP contribution in [0, 0.1) is 22.7 Å². The third kappa shape index (κ3) is 5.07. The van der Waals surface area contributed by atoms with Gasteiger partial charge in [-0.15, -0.1) is 11.6 Å². The summed E-state index contributed by atoms with van der Waals surface area (Å²) in [5, 5.41) is 23.6. The Morgan fingerprint density at radius 3 is 2.38 bits per heavy atom. The van der Waals surface area contributed by atoms with E-state index in [-0.39, 0.29) is 47.0 Å². The molecule has 0 unspecified atom stereocenters. The maximum Gasteiger partial charge on any atom is 0.259 e. The average Bonchev–Trinajstić information content (AvgIpc) is 3.44. The number of aliphatic hydroxyl groups is 1. The predicted molar refractivity (Wildman–Crippen MR) is 175 cm³/mol. The smallest absolute Gasteiger partial charge is 0.259 e. The highest BCUT2D eigenvalue weighted by Gasteiger charge is 2.80. The van der Waals surface area contributed by atoms with Gasteiger partial charge in [0.2, 0.25) is 0 Å². The molecule has 1 aliphatic heterocycles. The number of phenols is 1. The lowest BCUT2D eigenvalue weighted by Crippen LogP contribution is -2.70. The van der Waals surface area contributed by atoms with Crippen molar-refractivity contribution < 1.29 is 38.5 Å². The van der Waals surface area contributed by atoms with E-state index < -0.39 is 46.0 Å². The molecule has 1 heterocycles. The van der Waals surface area contributed by atoms with Crippen molar-refractivity contribution >= 4 is 34.8 Å². The van der Waals surface area contributed by atoms with Gasteiger partial charge in [-0.3, -0.25) is 14.4 Å². The number of para-hydroxylation sites is 2. The summed E-state index contributed by atoms with van der Waals surface area (Å²) in [5.41, 5.74) is -3.02. The van der Waals surface area contributed by atoms with Gasteiger partial charge < -0.3 is 25.0 Å². The van der Waals surface area contributed by atoms with E-state index >= 15 is 4.39 Å². The summed E-state index contributed by atoms with van der Waals surface area (Å²) >= 11 is 6.05. The summed E-state index contributed by atoms with van der Waals surface area (Å²) in [6.07, 6.45) is 2.28. The first-order valence-corrected chi connectivity index (χ1v) is 16.9. The summed E-state index contributed by atoms with van der Waals surface area (Å²) in [5.74, 6) is -2.35. The van der Waals surface area contributed by atoms with Crippen LogP contribution in [0.5, 0.6) is 5.75 Å². The Labute approximate surface area is 279 Å². The fourth-order valence-electron chi connectivity index (χ4n) is 9.65. The molecule has 8 atom stereocenters. The van der Waals surface area contributed by atoms with E-state index in [1.54, 1.807) is 50.3 Å². The maximum absolute atomic E-state index is 17.2. The molecule has 0 spiro atoms. The predicted octanol–water partition coefficient (Wildman–Crippen LogP) is 6.53. The number of phenolic OH excluding ortho intramolecular Hbond substituents is 1. The highest BCUT2D eigenvalue weighted by molar-refractivity contribution is 6.29. The summed E-state index contributed by atoms with van der Waals surface area (Å²) in [6, 6.07) is 15.6. The molecule has 47 heavy (non-hydrogen) atoms. The van der Waals surface area contributed by atoms with Crippen LogP contribution >= 0.6 is 11.6 Å². The van der Waals surface area contributed by atoms with E-state index in [9.17, 15) is 24.6 Å². The Morgan fingerprint density at radius 2 is 1.70 bits per heavy atom. The lowest BCUT2D eigenvalue weighted by atomic mass is 9.44. The Hall–Kier alpha value is -3.11. The number of ether oxygens (including phenoxy) is 2. The van der Waals surface area contributed by atoms with Crippen molar-refractivity contribution in [3.8, 4) is 5.75 Å². The number of allylic oxidation sites excluding steroid dienone is 1. The van der Waals surface area contributed by atoms with Crippen molar-refractivity contribution in [1.29, 1.82) is 0 Å². The maximum atomic E-state index is 17.2. The van der Waals surface area contributed by atoms with Crippen LogP contribution in [-0.2, 0) is 19.1 Å². The van der Waals surface area contributed by atoms with Crippen LogP contribution in [0.25, 0.3) is 0 Å². The summed E-state index contributed by atoms with van der Waals surface area (Å²) < 4.78 is 29.7. The van der Waals surface area contributed by atoms with Crippen LogP contribution in [0.4, 0.5) is 10.1 Å². The highest BCUT2D eigenvalue weighted by atomic mass is 35.5. The second-order valence-corrected chi connectivity index (χ2v) is 14.9. The van der Waals surface area contributed by atoms with Crippen molar-refractivity contribution in [1.82, 2.24) is 0 Å². The van der Waals surface area contributed by atoms with E-state index in [0.29, 0.717) is 37.8 Å². The van der Waals surface area contributed by atoms with Crippen LogP contribution in [0.15, 0.2) is 66.2 Å². The number of hydrogen-bond acceptors (Lipinski definition) is 7. The molecule has 0 radical (unpaired) electrons. The number of carbonyl (C=O) groups is 3. The topological polar surface area (TPSA) is 122 Å². The molecule has 4 fully saturated rings. The monoisotopic (exact) mass is 667 g/mol. The van der Waals surface area contributed by atoms with Gasteiger partial charge >= 0.3 is 0 Å². The average molecular weight is 668 g/mol. The first kappa shape index (κ1) is 33.8. The zero-order chi connectivity index (χ0) is 34.0. The van der Waals surface area contributed by atoms with Crippen molar-refractivity contribution in [3.63, 3.8) is 0 Å². The fraction of sp³-hybridized carbons (Fsp3) is 0.541. The van der Waals surface area contributed by atoms with Gasteiger partial charge in [0, 0.05) is 28.9 Å². The molecular formula is C37H43ClFNO7. The molecule has 7 rings (SSSR count). The van der Waals surface area contributed by atoms with Gasteiger partial charge in [0.1, 0.15) is 11.4 Å². The van der Waals surface area contributed by atoms with Gasteiger partial charge in [0.05, 0.1) is 23.7 Å². The Kier molecular flexibility index (Phi) is 8.47. The number of nitrogens with one attached hydrogen (secondary N) is 1. The van der Waals surface area contributed by atoms with Gasteiger partial charge in [-0.05, 0) is 82.2 Å². The lowest BCUT2D eigenvalue weighted by Gasteiger charge is -2.63. The van der Waals surface area contributed by atoms with E-state index in [2.05, 4.69) is 5.32 Å². The van der Waals surface area contributed by atoms with Crippen LogP contribution in [0.1, 0.15) is 76.6 Å². The van der Waals surface area contributed by atoms with Crippen molar-refractivity contribution in [2.75, 3.05) is 11.2 Å². The number of aromatic hydroxyl groups is 1. The molecule has 10 heteroatoms. The molecule has 8 nitrogen and oxygen atoms in total. The number of benzene rings is 2. The normalized spacial score (nSPS) is 38.0. The van der Waals surface area contributed by atoms with Gasteiger partial charge in [0.25, 0.3) is 5.91 Å². The molecule has 0 bridgehead atoms. The minimum atomic E-state index is -1.86. The largest absolute Gasteiger partial charge is 0.507 e. The van der Waals surface area contributed by atoms with Crippen molar-refractivity contribution in [2.45, 2.75) is 95.5 Å². The number of Topliss-reactive ketones (excluding diaryl/α,β-unsaturated/α-hetero) is 1. The molecule has 252 valence electrons. The first-order chi connectivity index (χ1) is 22.1. The number of amides is 1. The number of fused-ring (bicyclic) bond motifs is 7. The Bertz CT molecular complexity index is 1610. The zero-order valence-corrected chi connectivity index (χ0v) is 28.0. The SMILES string of the molecule is CC1(C)O[C@@H]2C[C@H]3[C@@H]4CCC5=CC(=O)CC[C@]5(C)[C@@]4(F)[C@@H](O)C[C@]3(C)[C@]2(C(=O)CCl)O1.O=C(Nc1ccccc1)c1ccccc1O. The minimum absolute atomic E-state index is 0.0177. The number of carbonyl (C=O) groups excluding carboxylic acids is 3. The second kappa shape index (κ2) is 11.8. The number of alkyl halides is 2. The number of halogens is 2. The Balaban J connectivity index is 0.000000203. The molecule has 2 aromatic rings. The quantitative estimate of drug-likeness (QED) is 0.317. The van der Waals surface area contributed by atoms with Crippen LogP contribution in [-0.4, -0.2) is 62.8 Å². The fourth-order valence-corrected chi connectivity index (χ4v) is 9.85. The number of hydrogen-bond donors (Lipinski definition) is 3. The summed E-state index contributed by atoms with van der Waals surface area (Å²) in [6.45, 7) is 7.38. The summed E-state index contributed by atoms with van der Waals surface area (Å²) in [4.78, 5) is 37.1. The molecular weight excluding hydrogens is 625 g/mol. The number of aliphatic hydroxyl groups excluding tert-OH is 1. The third-order valence-corrected chi connectivity index (χ3v) is 12.0. The Morgan fingerprint density at radius 1 is 1.02 bits per heavy atom. The van der Waals surface area contributed by atoms with Gasteiger partial charge in [-0.2, -0.15) is 0 Å². The lowest BCUT2D eigenvalue weighted by molar-refractivity contribution is -0.250. The van der Waals surface area contributed by atoms with E-state index in [1.165, 1.54) is 6.07 Å². The molecule has 4 aliphatic carbocycles. The zero-order valence-electron chi connectivity index (χ0n) is 27.2. The highest BCUT2D eigenvalue weighted by Crippen LogP contribution is 2.72. The molecule has 3 saturated carbocycles. The van der Waals surface area contributed by atoms with Gasteiger partial charge in [-0.25, -0.2) is 4.39 Å². The van der Waals surface area contributed by atoms with Gasteiger partial charge in [0.15, 0.2) is 23.0 Å². The number of rotatable bonds is 4.